The van der Waals surface area contributed by atoms with Gasteiger partial charge in [-0.15, -0.1) is 0 Å². The molecule has 1 atom stereocenters. The van der Waals surface area contributed by atoms with E-state index in [4.69, 9.17) is 5.73 Å². The van der Waals surface area contributed by atoms with E-state index in [9.17, 15) is 4.39 Å². The van der Waals surface area contributed by atoms with Gasteiger partial charge in [-0.1, -0.05) is 19.4 Å². The molecular weight excluding hydrogens is 215 g/mol. The highest BCUT2D eigenvalue weighted by Gasteiger charge is 2.23. The molecule has 1 fully saturated rings. The summed E-state index contributed by atoms with van der Waals surface area (Å²) in [7, 11) is 0. The van der Waals surface area contributed by atoms with Crippen molar-refractivity contribution in [3.05, 3.63) is 29.6 Å². The number of nitrogens with two attached hydrogens (primary N) is 1. The number of hydrogen-bond acceptors (Lipinski definition) is 2. The van der Waals surface area contributed by atoms with Gasteiger partial charge in [-0.2, -0.15) is 0 Å². The largest absolute Gasteiger partial charge is 0.371 e. The maximum Gasteiger partial charge on any atom is 0.128 e. The fourth-order valence-electron chi connectivity index (χ4n) is 2.62. The first-order chi connectivity index (χ1) is 8.26. The van der Waals surface area contributed by atoms with Gasteiger partial charge in [-0.25, -0.2) is 4.39 Å². The summed E-state index contributed by atoms with van der Waals surface area (Å²) < 4.78 is 13.8. The normalized spacial score (nSPS) is 19.9. The van der Waals surface area contributed by atoms with E-state index < -0.39 is 0 Å². The van der Waals surface area contributed by atoms with Gasteiger partial charge in [0.25, 0.3) is 0 Å². The Morgan fingerprint density at radius 2 is 2.29 bits per heavy atom. The van der Waals surface area contributed by atoms with Crippen LogP contribution in [0.4, 0.5) is 10.1 Å². The number of halogens is 1. The van der Waals surface area contributed by atoms with Gasteiger partial charge >= 0.3 is 0 Å². The Kier molecular flexibility index (Phi) is 4.00. The van der Waals surface area contributed by atoms with Crippen molar-refractivity contribution in [1.29, 1.82) is 0 Å². The van der Waals surface area contributed by atoms with Crippen LogP contribution in [0.25, 0.3) is 0 Å². The molecule has 1 aliphatic rings. The smallest absolute Gasteiger partial charge is 0.128 e. The molecule has 0 radical (unpaired) electrons. The van der Waals surface area contributed by atoms with Crippen LogP contribution in [0, 0.1) is 11.7 Å². The lowest BCUT2D eigenvalue weighted by Gasteiger charge is -2.22. The molecule has 0 spiro atoms. The summed E-state index contributed by atoms with van der Waals surface area (Å²) in [6.45, 7) is 4.82. The first-order valence-electron chi connectivity index (χ1n) is 6.48. The average molecular weight is 236 g/mol. The van der Waals surface area contributed by atoms with Crippen molar-refractivity contribution in [3.8, 4) is 0 Å². The number of hydrogen-bond donors (Lipinski definition) is 1. The molecular formula is C14H21FN2. The van der Waals surface area contributed by atoms with Crippen LogP contribution in [0.1, 0.15) is 25.3 Å². The molecule has 2 nitrogen and oxygen atoms in total. The third kappa shape index (κ3) is 2.60. The highest BCUT2D eigenvalue weighted by molar-refractivity contribution is 5.55. The van der Waals surface area contributed by atoms with E-state index in [-0.39, 0.29) is 5.82 Å². The van der Waals surface area contributed by atoms with Crippen LogP contribution in [-0.4, -0.2) is 19.6 Å². The van der Waals surface area contributed by atoms with E-state index in [0.29, 0.717) is 13.0 Å². The van der Waals surface area contributed by atoms with Crippen LogP contribution in [0.15, 0.2) is 18.2 Å². The lowest BCUT2D eigenvalue weighted by molar-refractivity contribution is 0.568. The maximum atomic E-state index is 13.8. The Morgan fingerprint density at radius 3 is 2.94 bits per heavy atom. The van der Waals surface area contributed by atoms with Crippen LogP contribution in [0.3, 0.4) is 0 Å². The topological polar surface area (TPSA) is 29.3 Å². The fourth-order valence-corrected chi connectivity index (χ4v) is 2.62. The van der Waals surface area contributed by atoms with E-state index in [0.717, 1.165) is 30.3 Å². The van der Waals surface area contributed by atoms with Crippen LogP contribution in [0.5, 0.6) is 0 Å². The Labute approximate surface area is 103 Å². The second-order valence-electron chi connectivity index (χ2n) is 4.79. The molecule has 1 unspecified atom stereocenters. The predicted octanol–water partition coefficient (Wildman–Crippen LogP) is 2.56. The molecule has 1 aliphatic heterocycles. The van der Waals surface area contributed by atoms with Gasteiger partial charge in [0.1, 0.15) is 5.82 Å². The number of anilines is 1. The van der Waals surface area contributed by atoms with Crippen molar-refractivity contribution < 1.29 is 4.39 Å². The molecule has 2 rings (SSSR count). The molecule has 0 bridgehead atoms. The number of nitrogens with zero attached hydrogens (tertiary/aromatic N) is 1. The van der Waals surface area contributed by atoms with Crippen molar-refractivity contribution in [1.82, 2.24) is 0 Å². The van der Waals surface area contributed by atoms with Crippen LogP contribution < -0.4 is 10.6 Å². The van der Waals surface area contributed by atoms with Gasteiger partial charge < -0.3 is 10.6 Å². The Morgan fingerprint density at radius 1 is 1.47 bits per heavy atom. The average Bonchev–Trinajstić information content (AvgIpc) is 2.80. The minimum atomic E-state index is -0.118. The van der Waals surface area contributed by atoms with Crippen LogP contribution in [0.2, 0.25) is 0 Å². The Hall–Kier alpha value is -1.09. The second kappa shape index (κ2) is 5.50. The van der Waals surface area contributed by atoms with Crippen molar-refractivity contribution in [2.24, 2.45) is 11.7 Å². The highest BCUT2D eigenvalue weighted by atomic mass is 19.1. The van der Waals surface area contributed by atoms with Crippen molar-refractivity contribution in [2.45, 2.75) is 26.2 Å². The van der Waals surface area contributed by atoms with E-state index in [1.807, 2.05) is 6.07 Å². The molecule has 17 heavy (non-hydrogen) atoms. The molecule has 1 heterocycles. The highest BCUT2D eigenvalue weighted by Crippen LogP contribution is 2.29. The van der Waals surface area contributed by atoms with Crippen LogP contribution in [-0.2, 0) is 6.42 Å². The summed E-state index contributed by atoms with van der Waals surface area (Å²) in [6, 6.07) is 5.35. The molecule has 1 aromatic rings. The van der Waals surface area contributed by atoms with Gasteiger partial charge in [0.05, 0.1) is 0 Å². The summed E-state index contributed by atoms with van der Waals surface area (Å²) >= 11 is 0. The van der Waals surface area contributed by atoms with Gasteiger partial charge in [0.15, 0.2) is 0 Å². The SMILES string of the molecule is CCC1CCN(c2cccc(F)c2CCN)C1. The van der Waals surface area contributed by atoms with E-state index >= 15 is 0 Å². The molecule has 0 aromatic heterocycles. The maximum absolute atomic E-state index is 13.8. The molecule has 0 aliphatic carbocycles. The monoisotopic (exact) mass is 236 g/mol. The molecule has 0 amide bonds. The number of rotatable bonds is 4. The lowest BCUT2D eigenvalue weighted by atomic mass is 10.1. The summed E-state index contributed by atoms with van der Waals surface area (Å²) in [5.41, 5.74) is 7.40. The lowest BCUT2D eigenvalue weighted by Crippen LogP contribution is -2.22. The minimum Gasteiger partial charge on any atom is -0.371 e. The molecule has 2 N–H and O–H groups in total. The molecule has 0 saturated carbocycles. The van der Waals surface area contributed by atoms with Gasteiger partial charge in [0, 0.05) is 24.3 Å². The van der Waals surface area contributed by atoms with E-state index in [2.05, 4.69) is 11.8 Å². The fraction of sp³-hybridized carbons (Fsp3) is 0.571. The Bertz CT molecular complexity index is 378. The summed E-state index contributed by atoms with van der Waals surface area (Å²) in [4.78, 5) is 2.31. The zero-order valence-electron chi connectivity index (χ0n) is 10.5. The van der Waals surface area contributed by atoms with Crippen molar-refractivity contribution >= 4 is 5.69 Å². The quantitative estimate of drug-likeness (QED) is 0.870. The summed E-state index contributed by atoms with van der Waals surface area (Å²) in [6.07, 6.45) is 3.04. The van der Waals surface area contributed by atoms with E-state index in [1.54, 1.807) is 6.07 Å². The Balaban J connectivity index is 2.23. The van der Waals surface area contributed by atoms with Gasteiger partial charge in [-0.3, -0.25) is 0 Å². The molecule has 1 aromatic carbocycles. The zero-order valence-corrected chi connectivity index (χ0v) is 10.5. The molecule has 94 valence electrons. The summed E-state index contributed by atoms with van der Waals surface area (Å²) in [5.74, 6) is 0.636. The first-order valence-corrected chi connectivity index (χ1v) is 6.48. The zero-order chi connectivity index (χ0) is 12.3. The first kappa shape index (κ1) is 12.4. The molecule has 1 saturated heterocycles. The standard InChI is InChI=1S/C14H21FN2/c1-2-11-7-9-17(10-11)14-5-3-4-13(15)12(14)6-8-16/h3-5,11H,2,6-10,16H2,1H3. The third-order valence-corrected chi connectivity index (χ3v) is 3.69. The van der Waals surface area contributed by atoms with Gasteiger partial charge in [-0.05, 0) is 37.4 Å². The van der Waals surface area contributed by atoms with Gasteiger partial charge in [0.2, 0.25) is 0 Å². The number of benzene rings is 1. The van der Waals surface area contributed by atoms with Crippen LogP contribution >= 0.6 is 0 Å². The predicted molar refractivity (Wildman–Crippen MR) is 69.8 cm³/mol. The van der Waals surface area contributed by atoms with Crippen molar-refractivity contribution in [2.75, 3.05) is 24.5 Å². The molecule has 3 heteroatoms. The second-order valence-corrected chi connectivity index (χ2v) is 4.79. The third-order valence-electron chi connectivity index (χ3n) is 3.69. The summed E-state index contributed by atoms with van der Waals surface area (Å²) in [5, 5.41) is 0. The van der Waals surface area contributed by atoms with Crippen molar-refractivity contribution in [3.63, 3.8) is 0 Å². The van der Waals surface area contributed by atoms with E-state index in [1.165, 1.54) is 18.9 Å². The minimum absolute atomic E-state index is 0.118.